The third-order valence-corrected chi connectivity index (χ3v) is 8.31. The number of thioether (sulfide) groups is 1. The molecule has 4 rings (SSSR count). The summed E-state index contributed by atoms with van der Waals surface area (Å²) in [5.74, 6) is 2.54. The quantitative estimate of drug-likeness (QED) is 0.639. The number of carbonyl (C=O) groups is 1. The lowest BCUT2D eigenvalue weighted by atomic mass is 9.97. The van der Waals surface area contributed by atoms with Crippen LogP contribution in [-0.4, -0.2) is 64.5 Å². The molecule has 0 spiro atoms. The zero-order chi connectivity index (χ0) is 20.2. The first-order valence-corrected chi connectivity index (χ1v) is 12.9. The van der Waals surface area contributed by atoms with Gasteiger partial charge in [-0.25, -0.2) is 4.98 Å². The average molecular weight is 453 g/mol. The summed E-state index contributed by atoms with van der Waals surface area (Å²) in [6.45, 7) is 4.20. The van der Waals surface area contributed by atoms with E-state index in [1.807, 2.05) is 34.9 Å². The normalized spacial score (nSPS) is 19.9. The molecular formula is C21H29ClN4OS2. The Hall–Kier alpha value is -0.860. The molecule has 2 aliphatic heterocycles. The molecule has 5 nitrogen and oxygen atoms in total. The van der Waals surface area contributed by atoms with Crippen molar-refractivity contribution in [3.8, 4) is 0 Å². The van der Waals surface area contributed by atoms with E-state index < -0.39 is 0 Å². The molecule has 8 heteroatoms. The van der Waals surface area contributed by atoms with Gasteiger partial charge in [0.05, 0.1) is 27.1 Å². The van der Waals surface area contributed by atoms with Gasteiger partial charge in [-0.1, -0.05) is 18.0 Å². The maximum atomic E-state index is 12.3. The Morgan fingerprint density at radius 1 is 1.28 bits per heavy atom. The number of rotatable bonds is 7. The highest BCUT2D eigenvalue weighted by Gasteiger charge is 2.25. The highest BCUT2D eigenvalue weighted by Crippen LogP contribution is 2.34. The van der Waals surface area contributed by atoms with Gasteiger partial charge in [0.1, 0.15) is 0 Å². The van der Waals surface area contributed by atoms with Gasteiger partial charge in [0, 0.05) is 23.2 Å². The minimum Gasteiger partial charge on any atom is -0.331 e. The molecule has 1 aromatic carbocycles. The highest BCUT2D eigenvalue weighted by molar-refractivity contribution is 7.99. The number of piperidine rings is 1. The molecule has 2 saturated heterocycles. The molecule has 2 fully saturated rings. The van der Waals surface area contributed by atoms with Crippen LogP contribution in [0.1, 0.15) is 43.0 Å². The molecule has 2 N–H and O–H groups in total. The zero-order valence-electron chi connectivity index (χ0n) is 16.7. The van der Waals surface area contributed by atoms with Crippen molar-refractivity contribution in [3.63, 3.8) is 0 Å². The summed E-state index contributed by atoms with van der Waals surface area (Å²) in [7, 11) is 0. The van der Waals surface area contributed by atoms with Gasteiger partial charge >= 0.3 is 0 Å². The van der Waals surface area contributed by atoms with E-state index in [1.165, 1.54) is 9.71 Å². The second-order valence-electron chi connectivity index (χ2n) is 8.02. The fraction of sp³-hybridized carbons (Fsp3) is 0.619. The molecule has 158 valence electrons. The van der Waals surface area contributed by atoms with Crippen molar-refractivity contribution in [3.05, 3.63) is 28.2 Å². The molecule has 1 amide bonds. The van der Waals surface area contributed by atoms with Crippen LogP contribution in [0.25, 0.3) is 10.2 Å². The molecule has 0 saturated carbocycles. The molecule has 2 aromatic rings. The lowest BCUT2D eigenvalue weighted by molar-refractivity contribution is -0.131. The number of nitrogens with zero attached hydrogens (tertiary/aromatic N) is 3. The number of hydrogen-bond acceptors (Lipinski definition) is 6. The summed E-state index contributed by atoms with van der Waals surface area (Å²) >= 11 is 9.71. The molecule has 29 heavy (non-hydrogen) atoms. The van der Waals surface area contributed by atoms with Crippen molar-refractivity contribution >= 4 is 50.8 Å². The van der Waals surface area contributed by atoms with Gasteiger partial charge in [-0.15, -0.1) is 23.1 Å². The fourth-order valence-corrected chi connectivity index (χ4v) is 6.51. The fourth-order valence-electron chi connectivity index (χ4n) is 4.14. The standard InChI is InChI=1S/C21H29ClN4OS2/c22-16-4-5-18-19(13-16)29-20(24-18)15-6-9-25(10-7-15)8-2-1-3-17(23)21(27)26-11-12-28-14-26/h4-5,13,15,17H,1-3,6-12,14,23H2. The summed E-state index contributed by atoms with van der Waals surface area (Å²) < 4.78 is 1.19. The lowest BCUT2D eigenvalue weighted by Gasteiger charge is -2.31. The molecule has 1 aromatic heterocycles. The first-order chi connectivity index (χ1) is 14.1. The summed E-state index contributed by atoms with van der Waals surface area (Å²) in [5.41, 5.74) is 7.18. The predicted octanol–water partition coefficient (Wildman–Crippen LogP) is 4.16. The molecular weight excluding hydrogens is 424 g/mol. The number of likely N-dealkylation sites (tertiary alicyclic amines) is 1. The van der Waals surface area contributed by atoms with E-state index in [4.69, 9.17) is 22.3 Å². The molecule has 0 radical (unpaired) electrons. The smallest absolute Gasteiger partial charge is 0.240 e. The third-order valence-electron chi connectivity index (χ3n) is 5.92. The first-order valence-electron chi connectivity index (χ1n) is 10.5. The summed E-state index contributed by atoms with van der Waals surface area (Å²) in [4.78, 5) is 21.5. The average Bonchev–Trinajstić information content (AvgIpc) is 3.40. The summed E-state index contributed by atoms with van der Waals surface area (Å²) in [5, 5.41) is 2.04. The van der Waals surface area contributed by atoms with Gasteiger partial charge in [-0.2, -0.15) is 0 Å². The van der Waals surface area contributed by atoms with Crippen molar-refractivity contribution in [1.29, 1.82) is 0 Å². The number of halogens is 1. The number of thiazole rings is 1. The Labute approximate surface area is 186 Å². The van der Waals surface area contributed by atoms with E-state index in [9.17, 15) is 4.79 Å². The van der Waals surface area contributed by atoms with Crippen molar-refractivity contribution in [1.82, 2.24) is 14.8 Å². The summed E-state index contributed by atoms with van der Waals surface area (Å²) in [6.07, 6.45) is 5.26. The lowest BCUT2D eigenvalue weighted by Crippen LogP contribution is -2.42. The SMILES string of the molecule is NC(CCCCN1CCC(c2nc3ccc(Cl)cc3s2)CC1)C(=O)N1CCSC1. The van der Waals surface area contributed by atoms with Crippen molar-refractivity contribution in [2.45, 2.75) is 44.1 Å². The molecule has 0 aliphatic carbocycles. The van der Waals surface area contributed by atoms with E-state index in [2.05, 4.69) is 4.90 Å². The topological polar surface area (TPSA) is 62.5 Å². The summed E-state index contributed by atoms with van der Waals surface area (Å²) in [6, 6.07) is 5.63. The van der Waals surface area contributed by atoms with Crippen molar-refractivity contribution in [2.75, 3.05) is 37.8 Å². The molecule has 3 heterocycles. The maximum absolute atomic E-state index is 12.3. The van der Waals surface area contributed by atoms with Gasteiger partial charge in [-0.3, -0.25) is 4.79 Å². The Morgan fingerprint density at radius 3 is 2.86 bits per heavy atom. The Balaban J connectivity index is 1.16. The minimum absolute atomic E-state index is 0.132. The third kappa shape index (κ3) is 5.44. The molecule has 0 bridgehead atoms. The van der Waals surface area contributed by atoms with E-state index in [1.54, 1.807) is 11.3 Å². The Kier molecular flexibility index (Phi) is 7.34. The first kappa shape index (κ1) is 21.4. The van der Waals surface area contributed by atoms with Crippen LogP contribution in [-0.2, 0) is 4.79 Å². The number of hydrogen-bond donors (Lipinski definition) is 1. The van der Waals surface area contributed by atoms with E-state index in [-0.39, 0.29) is 11.9 Å². The minimum atomic E-state index is -0.327. The maximum Gasteiger partial charge on any atom is 0.240 e. The number of unbranched alkanes of at least 4 members (excludes halogenated alkanes) is 1. The Bertz CT molecular complexity index is 831. The van der Waals surface area contributed by atoms with E-state index in [0.29, 0.717) is 5.92 Å². The van der Waals surface area contributed by atoms with Crippen LogP contribution in [0.5, 0.6) is 0 Å². The van der Waals surface area contributed by atoms with Crippen LogP contribution in [0.4, 0.5) is 0 Å². The van der Waals surface area contributed by atoms with E-state index >= 15 is 0 Å². The Morgan fingerprint density at radius 2 is 2.10 bits per heavy atom. The number of fused-ring (bicyclic) bond motifs is 1. The van der Waals surface area contributed by atoms with Crippen molar-refractivity contribution in [2.24, 2.45) is 5.73 Å². The van der Waals surface area contributed by atoms with Gasteiger partial charge < -0.3 is 15.5 Å². The van der Waals surface area contributed by atoms with Crippen LogP contribution in [0, 0.1) is 0 Å². The van der Waals surface area contributed by atoms with Gasteiger partial charge in [0.25, 0.3) is 0 Å². The number of amides is 1. The number of aromatic nitrogens is 1. The van der Waals surface area contributed by atoms with Crippen molar-refractivity contribution < 1.29 is 4.79 Å². The second-order valence-corrected chi connectivity index (χ2v) is 10.6. The monoisotopic (exact) mass is 452 g/mol. The number of carbonyl (C=O) groups excluding carboxylic acids is 1. The number of nitrogens with two attached hydrogens (primary N) is 1. The highest BCUT2D eigenvalue weighted by atomic mass is 35.5. The predicted molar refractivity (Wildman–Crippen MR) is 124 cm³/mol. The van der Waals surface area contributed by atoms with Crippen LogP contribution in [0.3, 0.4) is 0 Å². The second kappa shape index (κ2) is 9.96. The van der Waals surface area contributed by atoms with E-state index in [0.717, 1.165) is 80.5 Å². The van der Waals surface area contributed by atoms with Crippen LogP contribution in [0.15, 0.2) is 18.2 Å². The molecule has 2 aliphatic rings. The molecule has 1 atom stereocenters. The number of benzene rings is 1. The van der Waals surface area contributed by atoms with Gasteiger partial charge in [0.15, 0.2) is 0 Å². The van der Waals surface area contributed by atoms with Gasteiger partial charge in [0.2, 0.25) is 5.91 Å². The van der Waals surface area contributed by atoms with Crippen LogP contribution >= 0.6 is 34.7 Å². The molecule has 1 unspecified atom stereocenters. The van der Waals surface area contributed by atoms with Crippen LogP contribution < -0.4 is 5.73 Å². The zero-order valence-corrected chi connectivity index (χ0v) is 19.1. The van der Waals surface area contributed by atoms with Gasteiger partial charge in [-0.05, 0) is 63.5 Å². The largest absolute Gasteiger partial charge is 0.331 e. The van der Waals surface area contributed by atoms with Crippen LogP contribution in [0.2, 0.25) is 5.02 Å².